The first kappa shape index (κ1) is 22.2. The molecule has 0 aliphatic carbocycles. The summed E-state index contributed by atoms with van der Waals surface area (Å²) in [4.78, 5) is 21.9. The molecule has 0 aromatic heterocycles. The van der Waals surface area contributed by atoms with E-state index in [9.17, 15) is 4.79 Å². The number of carbonyl (C=O) groups excluding carboxylic acids is 1. The van der Waals surface area contributed by atoms with Crippen molar-refractivity contribution >= 4 is 12.3 Å². The summed E-state index contributed by atoms with van der Waals surface area (Å²) in [7, 11) is 0. The van der Waals surface area contributed by atoms with Gasteiger partial charge >= 0.3 is 0 Å². The molecule has 26 heavy (non-hydrogen) atoms. The fourth-order valence-electron chi connectivity index (χ4n) is 2.98. The Morgan fingerprint density at radius 3 is 2.31 bits per heavy atom. The summed E-state index contributed by atoms with van der Waals surface area (Å²) in [6.45, 7) is 5.55. The number of aryl methyl sites for hydroxylation is 1. The first-order chi connectivity index (χ1) is 12.6. The van der Waals surface area contributed by atoms with Crippen LogP contribution in [0, 0.1) is 0 Å². The fourth-order valence-corrected chi connectivity index (χ4v) is 2.98. The maximum atomic E-state index is 10.3. The number of carboxylic acid groups (broad SMARTS) is 1. The molecule has 1 N–H and O–H groups in total. The van der Waals surface area contributed by atoms with Crippen molar-refractivity contribution in [2.75, 3.05) is 26.2 Å². The van der Waals surface area contributed by atoms with Crippen LogP contribution in [0.1, 0.15) is 57.4 Å². The van der Waals surface area contributed by atoms with E-state index in [0.29, 0.717) is 6.42 Å². The van der Waals surface area contributed by atoms with Crippen LogP contribution in [0.2, 0.25) is 0 Å². The van der Waals surface area contributed by atoms with E-state index in [1.807, 2.05) is 12.1 Å². The SMILES string of the molecule is CC(=O)O.O=CCCCc1ccc(OCCCN2CCCCCC2)cc1. The van der Waals surface area contributed by atoms with Crippen LogP contribution in [0.5, 0.6) is 5.75 Å². The van der Waals surface area contributed by atoms with Gasteiger partial charge in [-0.05, 0) is 62.9 Å². The van der Waals surface area contributed by atoms with Crippen molar-refractivity contribution in [1.29, 1.82) is 0 Å². The maximum Gasteiger partial charge on any atom is 0.300 e. The minimum atomic E-state index is -0.833. The van der Waals surface area contributed by atoms with Crippen molar-refractivity contribution in [2.24, 2.45) is 0 Å². The Morgan fingerprint density at radius 2 is 1.73 bits per heavy atom. The van der Waals surface area contributed by atoms with E-state index in [-0.39, 0.29) is 0 Å². The number of rotatable bonds is 9. The molecule has 1 heterocycles. The Bertz CT molecular complexity index is 489. The number of aldehydes is 1. The summed E-state index contributed by atoms with van der Waals surface area (Å²) < 4.78 is 5.83. The zero-order valence-electron chi connectivity index (χ0n) is 16.0. The van der Waals surface area contributed by atoms with Crippen molar-refractivity contribution in [3.8, 4) is 5.75 Å². The Balaban J connectivity index is 0.000000765. The lowest BCUT2D eigenvalue weighted by Crippen LogP contribution is -2.26. The zero-order valence-corrected chi connectivity index (χ0v) is 16.0. The molecule has 0 bridgehead atoms. The van der Waals surface area contributed by atoms with Crippen LogP contribution in [0.4, 0.5) is 0 Å². The van der Waals surface area contributed by atoms with Crippen LogP contribution >= 0.6 is 0 Å². The highest BCUT2D eigenvalue weighted by molar-refractivity contribution is 5.62. The molecule has 0 saturated carbocycles. The molecule has 5 heteroatoms. The van der Waals surface area contributed by atoms with Crippen molar-refractivity contribution in [3.63, 3.8) is 0 Å². The second-order valence-corrected chi connectivity index (χ2v) is 6.68. The highest BCUT2D eigenvalue weighted by atomic mass is 16.5. The van der Waals surface area contributed by atoms with Crippen LogP contribution in [0.25, 0.3) is 0 Å². The minimum absolute atomic E-state index is 0.648. The number of aliphatic carboxylic acids is 1. The monoisotopic (exact) mass is 363 g/mol. The molecule has 0 spiro atoms. The minimum Gasteiger partial charge on any atom is -0.494 e. The van der Waals surface area contributed by atoms with Crippen molar-refractivity contribution < 1.29 is 19.4 Å². The van der Waals surface area contributed by atoms with E-state index in [0.717, 1.165) is 51.4 Å². The number of carboxylic acids is 1. The molecule has 1 fully saturated rings. The van der Waals surface area contributed by atoms with Gasteiger partial charge in [0.2, 0.25) is 0 Å². The zero-order chi connectivity index (χ0) is 19.0. The van der Waals surface area contributed by atoms with E-state index in [2.05, 4.69) is 17.0 Å². The average molecular weight is 363 g/mol. The Labute approximate surface area is 157 Å². The van der Waals surface area contributed by atoms with Gasteiger partial charge in [-0.3, -0.25) is 4.79 Å². The summed E-state index contributed by atoms with van der Waals surface area (Å²) >= 11 is 0. The number of hydrogen-bond donors (Lipinski definition) is 1. The largest absolute Gasteiger partial charge is 0.494 e. The summed E-state index contributed by atoms with van der Waals surface area (Å²) in [5, 5.41) is 7.42. The molecule has 1 aliphatic heterocycles. The molecule has 1 aromatic carbocycles. The lowest BCUT2D eigenvalue weighted by molar-refractivity contribution is -0.134. The highest BCUT2D eigenvalue weighted by Gasteiger charge is 2.08. The Morgan fingerprint density at radius 1 is 1.12 bits per heavy atom. The smallest absolute Gasteiger partial charge is 0.300 e. The predicted molar refractivity (Wildman–Crippen MR) is 104 cm³/mol. The second-order valence-electron chi connectivity index (χ2n) is 6.68. The van der Waals surface area contributed by atoms with Crippen LogP contribution in [0.3, 0.4) is 0 Å². The molecule has 146 valence electrons. The first-order valence-corrected chi connectivity index (χ1v) is 9.69. The van der Waals surface area contributed by atoms with Crippen LogP contribution < -0.4 is 4.74 Å². The molecule has 2 rings (SSSR count). The number of likely N-dealkylation sites (tertiary alicyclic amines) is 1. The lowest BCUT2D eigenvalue weighted by Gasteiger charge is -2.19. The fraction of sp³-hybridized carbons (Fsp3) is 0.619. The van der Waals surface area contributed by atoms with Gasteiger partial charge in [0.1, 0.15) is 12.0 Å². The Hall–Kier alpha value is -1.88. The third-order valence-corrected chi connectivity index (χ3v) is 4.30. The van der Waals surface area contributed by atoms with Gasteiger partial charge in [-0.1, -0.05) is 25.0 Å². The van der Waals surface area contributed by atoms with Gasteiger partial charge in [0.05, 0.1) is 6.61 Å². The van der Waals surface area contributed by atoms with Gasteiger partial charge in [-0.2, -0.15) is 0 Å². The highest BCUT2D eigenvalue weighted by Crippen LogP contribution is 2.14. The third kappa shape index (κ3) is 11.6. The van der Waals surface area contributed by atoms with Gasteiger partial charge in [0, 0.05) is 19.9 Å². The number of carbonyl (C=O) groups is 2. The molecular weight excluding hydrogens is 330 g/mol. The molecule has 0 unspecified atom stereocenters. The van der Waals surface area contributed by atoms with Crippen molar-refractivity contribution in [2.45, 2.75) is 58.3 Å². The second kappa shape index (κ2) is 14.3. The lowest BCUT2D eigenvalue weighted by atomic mass is 10.1. The summed E-state index contributed by atoms with van der Waals surface area (Å²) in [5.41, 5.74) is 1.28. The molecule has 0 radical (unpaired) electrons. The quantitative estimate of drug-likeness (QED) is 0.532. The molecule has 1 saturated heterocycles. The van der Waals surface area contributed by atoms with Crippen LogP contribution in [0.15, 0.2) is 24.3 Å². The third-order valence-electron chi connectivity index (χ3n) is 4.30. The molecular formula is C21H33NO4. The molecule has 0 amide bonds. The van der Waals surface area contributed by atoms with Crippen LogP contribution in [-0.2, 0) is 16.0 Å². The predicted octanol–water partition coefficient (Wildman–Crippen LogP) is 3.94. The first-order valence-electron chi connectivity index (χ1n) is 9.69. The van der Waals surface area contributed by atoms with Gasteiger partial charge in [0.25, 0.3) is 5.97 Å². The molecule has 1 aliphatic rings. The van der Waals surface area contributed by atoms with Crippen molar-refractivity contribution in [1.82, 2.24) is 4.90 Å². The summed E-state index contributed by atoms with van der Waals surface area (Å²) in [6, 6.07) is 8.30. The van der Waals surface area contributed by atoms with E-state index in [4.69, 9.17) is 14.6 Å². The number of nitrogens with zero attached hydrogens (tertiary/aromatic N) is 1. The van der Waals surface area contributed by atoms with Gasteiger partial charge in [-0.25, -0.2) is 0 Å². The van der Waals surface area contributed by atoms with Gasteiger partial charge in [0.15, 0.2) is 0 Å². The molecule has 0 atom stereocenters. The standard InChI is InChI=1S/C19H29NO2.C2H4O2/c21-16-6-3-8-18-9-11-19(12-10-18)22-17-7-15-20-13-4-1-2-5-14-20;1-2(3)4/h9-12,16H,1-8,13-15,17H2;1H3,(H,3,4). The van der Waals surface area contributed by atoms with Crippen LogP contribution in [-0.4, -0.2) is 48.5 Å². The summed E-state index contributed by atoms with van der Waals surface area (Å²) in [5.74, 6) is 0.120. The average Bonchev–Trinajstić information content (AvgIpc) is 2.88. The number of benzene rings is 1. The van der Waals surface area contributed by atoms with Gasteiger partial charge in [-0.15, -0.1) is 0 Å². The Kier molecular flexibility index (Phi) is 12.2. The normalized spacial score (nSPS) is 14.7. The number of ether oxygens (including phenoxy) is 1. The molecule has 5 nitrogen and oxygen atoms in total. The number of unbranched alkanes of at least 4 members (excludes halogenated alkanes) is 1. The topological polar surface area (TPSA) is 66.8 Å². The van der Waals surface area contributed by atoms with E-state index in [1.54, 1.807) is 0 Å². The van der Waals surface area contributed by atoms with Gasteiger partial charge < -0.3 is 19.5 Å². The van der Waals surface area contributed by atoms with E-state index < -0.39 is 5.97 Å². The maximum absolute atomic E-state index is 10.3. The number of hydrogen-bond acceptors (Lipinski definition) is 4. The van der Waals surface area contributed by atoms with E-state index >= 15 is 0 Å². The summed E-state index contributed by atoms with van der Waals surface area (Å²) in [6.07, 6.45) is 10.1. The van der Waals surface area contributed by atoms with E-state index in [1.165, 1.54) is 44.3 Å². The van der Waals surface area contributed by atoms with Crippen molar-refractivity contribution in [3.05, 3.63) is 29.8 Å². The molecule has 1 aromatic rings.